The zero-order valence-electron chi connectivity index (χ0n) is 19.7. The highest BCUT2D eigenvalue weighted by molar-refractivity contribution is 7.17. The Bertz CT molecular complexity index is 1590. The second kappa shape index (κ2) is 10.1. The van der Waals surface area contributed by atoms with Crippen molar-refractivity contribution in [1.29, 1.82) is 0 Å². The molecule has 0 bridgehead atoms. The summed E-state index contributed by atoms with van der Waals surface area (Å²) >= 11 is 1.41. The average molecular weight is 498 g/mol. The molecule has 2 heterocycles. The van der Waals surface area contributed by atoms with E-state index in [1.165, 1.54) is 29.3 Å². The Balaban J connectivity index is 1.41. The Morgan fingerprint density at radius 2 is 1.67 bits per heavy atom. The van der Waals surface area contributed by atoms with E-state index in [0.29, 0.717) is 27.4 Å². The lowest BCUT2D eigenvalue weighted by atomic mass is 10.0. The van der Waals surface area contributed by atoms with Gasteiger partial charge in [0.05, 0.1) is 31.6 Å². The number of carbonyl (C=O) groups excluding carboxylic acids is 1. The molecule has 0 unspecified atom stereocenters. The highest BCUT2D eigenvalue weighted by atomic mass is 32.1. The number of thiophene rings is 1. The summed E-state index contributed by atoms with van der Waals surface area (Å²) in [6.07, 6.45) is 1.41. The summed E-state index contributed by atoms with van der Waals surface area (Å²) in [5.74, 6) is 0.700. The molecule has 3 aromatic carbocycles. The van der Waals surface area contributed by atoms with Crippen LogP contribution in [0.5, 0.6) is 11.5 Å². The normalized spacial score (nSPS) is 10.8. The van der Waals surface area contributed by atoms with Gasteiger partial charge in [-0.25, -0.2) is 4.98 Å². The molecule has 0 fully saturated rings. The van der Waals surface area contributed by atoms with Crippen LogP contribution in [0.25, 0.3) is 32.5 Å². The van der Waals surface area contributed by atoms with Gasteiger partial charge in [-0.3, -0.25) is 14.2 Å². The molecule has 1 N–H and O–H groups in total. The van der Waals surface area contributed by atoms with E-state index >= 15 is 0 Å². The van der Waals surface area contributed by atoms with Crippen molar-refractivity contribution >= 4 is 33.1 Å². The predicted octanol–water partition coefficient (Wildman–Crippen LogP) is 5.45. The molecule has 36 heavy (non-hydrogen) atoms. The van der Waals surface area contributed by atoms with Gasteiger partial charge in [0, 0.05) is 17.0 Å². The van der Waals surface area contributed by atoms with E-state index in [0.717, 1.165) is 22.3 Å². The summed E-state index contributed by atoms with van der Waals surface area (Å²) in [6.45, 7) is -0.181. The number of hydrogen-bond acceptors (Lipinski definition) is 6. The minimum atomic E-state index is -0.370. The standard InChI is InChI=1S/C28H23N3O4S/c1-34-21-12-13-23(24(14-21)35-2)30-25(32)15-31-17-29-27-26(28(31)33)22(16-36-27)20-10-8-19(9-11-20)18-6-4-3-5-7-18/h3-14,16-17H,15H2,1-2H3,(H,30,32). The molecule has 0 spiro atoms. The molecule has 0 saturated heterocycles. The van der Waals surface area contributed by atoms with Crippen LogP contribution in [0, 0.1) is 0 Å². The maximum atomic E-state index is 13.4. The number of carbonyl (C=O) groups is 1. The van der Waals surface area contributed by atoms with Crippen molar-refractivity contribution in [1.82, 2.24) is 9.55 Å². The summed E-state index contributed by atoms with van der Waals surface area (Å²) in [4.78, 5) is 31.2. The lowest BCUT2D eigenvalue weighted by molar-refractivity contribution is -0.116. The van der Waals surface area contributed by atoms with Crippen molar-refractivity contribution < 1.29 is 14.3 Å². The minimum Gasteiger partial charge on any atom is -0.497 e. The summed E-state index contributed by atoms with van der Waals surface area (Å²) in [5.41, 5.74) is 4.17. The highest BCUT2D eigenvalue weighted by Crippen LogP contribution is 2.32. The fraction of sp³-hybridized carbons (Fsp3) is 0.107. The van der Waals surface area contributed by atoms with E-state index in [9.17, 15) is 9.59 Å². The zero-order valence-corrected chi connectivity index (χ0v) is 20.5. The van der Waals surface area contributed by atoms with Crippen molar-refractivity contribution in [3.8, 4) is 33.8 Å². The first-order valence-electron chi connectivity index (χ1n) is 11.2. The maximum absolute atomic E-state index is 13.4. The molecule has 0 radical (unpaired) electrons. The first-order valence-corrected chi connectivity index (χ1v) is 12.1. The van der Waals surface area contributed by atoms with Crippen LogP contribution in [0.1, 0.15) is 0 Å². The Morgan fingerprint density at radius 1 is 0.944 bits per heavy atom. The Labute approximate surface area is 211 Å². The monoisotopic (exact) mass is 497 g/mol. The minimum absolute atomic E-state index is 0.181. The van der Waals surface area contributed by atoms with Crippen LogP contribution in [-0.4, -0.2) is 29.7 Å². The van der Waals surface area contributed by atoms with Crippen LogP contribution in [-0.2, 0) is 11.3 Å². The third kappa shape index (κ3) is 4.58. The maximum Gasteiger partial charge on any atom is 0.263 e. The topological polar surface area (TPSA) is 82.5 Å². The second-order valence-electron chi connectivity index (χ2n) is 8.06. The van der Waals surface area contributed by atoms with Gasteiger partial charge in [-0.1, -0.05) is 54.6 Å². The smallest absolute Gasteiger partial charge is 0.263 e. The first kappa shape index (κ1) is 23.3. The van der Waals surface area contributed by atoms with Gasteiger partial charge < -0.3 is 14.8 Å². The van der Waals surface area contributed by atoms with Gasteiger partial charge in [0.1, 0.15) is 22.9 Å². The van der Waals surface area contributed by atoms with Gasteiger partial charge in [-0.15, -0.1) is 11.3 Å². The van der Waals surface area contributed by atoms with E-state index in [1.54, 1.807) is 25.3 Å². The van der Waals surface area contributed by atoms with Crippen LogP contribution in [0.3, 0.4) is 0 Å². The molecule has 5 rings (SSSR count). The molecule has 0 atom stereocenters. The van der Waals surface area contributed by atoms with Crippen molar-refractivity contribution in [2.24, 2.45) is 0 Å². The average Bonchev–Trinajstić information content (AvgIpc) is 3.36. The zero-order chi connectivity index (χ0) is 25.1. The van der Waals surface area contributed by atoms with Crippen molar-refractivity contribution in [2.45, 2.75) is 6.54 Å². The number of benzene rings is 3. The van der Waals surface area contributed by atoms with Gasteiger partial charge >= 0.3 is 0 Å². The van der Waals surface area contributed by atoms with Crippen molar-refractivity contribution in [3.05, 3.63) is 94.9 Å². The number of fused-ring (bicyclic) bond motifs is 1. The van der Waals surface area contributed by atoms with E-state index in [2.05, 4.69) is 22.4 Å². The van der Waals surface area contributed by atoms with Gasteiger partial charge in [-0.2, -0.15) is 0 Å². The quantitative estimate of drug-likeness (QED) is 0.323. The molecule has 8 heteroatoms. The molecule has 180 valence electrons. The molecule has 2 aromatic heterocycles. The number of amides is 1. The molecule has 0 aliphatic carbocycles. The molecule has 0 aliphatic rings. The van der Waals surface area contributed by atoms with Gasteiger partial charge in [0.25, 0.3) is 5.56 Å². The number of anilines is 1. The predicted molar refractivity (Wildman–Crippen MR) is 143 cm³/mol. The molecule has 0 aliphatic heterocycles. The van der Waals surface area contributed by atoms with E-state index in [-0.39, 0.29) is 18.0 Å². The molecular formula is C28H23N3O4S. The number of ether oxygens (including phenoxy) is 2. The lowest BCUT2D eigenvalue weighted by Gasteiger charge is -2.12. The number of rotatable bonds is 7. The van der Waals surface area contributed by atoms with Crippen LogP contribution >= 0.6 is 11.3 Å². The fourth-order valence-corrected chi connectivity index (χ4v) is 4.92. The summed E-state index contributed by atoms with van der Waals surface area (Å²) < 4.78 is 11.9. The van der Waals surface area contributed by atoms with Crippen molar-refractivity contribution in [3.63, 3.8) is 0 Å². The lowest BCUT2D eigenvalue weighted by Crippen LogP contribution is -2.27. The van der Waals surface area contributed by atoms with Crippen LogP contribution in [0.4, 0.5) is 5.69 Å². The van der Waals surface area contributed by atoms with E-state index < -0.39 is 0 Å². The second-order valence-corrected chi connectivity index (χ2v) is 8.92. The molecule has 7 nitrogen and oxygen atoms in total. The summed E-state index contributed by atoms with van der Waals surface area (Å²) in [5, 5.41) is 5.23. The SMILES string of the molecule is COc1ccc(NC(=O)Cn2cnc3scc(-c4ccc(-c5ccccc5)cc4)c3c2=O)c(OC)c1. The van der Waals surface area contributed by atoms with Gasteiger partial charge in [0.15, 0.2) is 0 Å². The Morgan fingerprint density at radius 3 is 2.39 bits per heavy atom. The number of hydrogen-bond donors (Lipinski definition) is 1. The highest BCUT2D eigenvalue weighted by Gasteiger charge is 2.16. The molecular weight excluding hydrogens is 474 g/mol. The van der Waals surface area contributed by atoms with Crippen LogP contribution in [0.2, 0.25) is 0 Å². The van der Waals surface area contributed by atoms with Gasteiger partial charge in [-0.05, 0) is 28.8 Å². The largest absolute Gasteiger partial charge is 0.497 e. The third-order valence-electron chi connectivity index (χ3n) is 5.86. The number of methoxy groups -OCH3 is 2. The Hall–Kier alpha value is -4.43. The fourth-order valence-electron chi connectivity index (χ4n) is 4.01. The van der Waals surface area contributed by atoms with Gasteiger partial charge in [0.2, 0.25) is 5.91 Å². The number of nitrogens with one attached hydrogen (secondary N) is 1. The summed E-state index contributed by atoms with van der Waals surface area (Å²) in [7, 11) is 3.07. The molecule has 0 saturated carbocycles. The van der Waals surface area contributed by atoms with Crippen molar-refractivity contribution in [2.75, 3.05) is 19.5 Å². The van der Waals surface area contributed by atoms with Crippen LogP contribution < -0.4 is 20.3 Å². The summed E-state index contributed by atoms with van der Waals surface area (Å²) in [6, 6.07) is 23.3. The Kier molecular flexibility index (Phi) is 6.51. The number of nitrogens with zero attached hydrogens (tertiary/aromatic N) is 2. The molecule has 1 amide bonds. The number of aromatic nitrogens is 2. The van der Waals surface area contributed by atoms with E-state index in [1.807, 2.05) is 47.8 Å². The van der Waals surface area contributed by atoms with Crippen LogP contribution in [0.15, 0.2) is 89.3 Å². The molecule has 5 aromatic rings. The first-order chi connectivity index (χ1) is 17.6. The van der Waals surface area contributed by atoms with E-state index in [4.69, 9.17) is 9.47 Å². The third-order valence-corrected chi connectivity index (χ3v) is 6.75.